The van der Waals surface area contributed by atoms with Crippen LogP contribution in [0.5, 0.6) is 0 Å². The Morgan fingerprint density at radius 3 is 2.56 bits per heavy atom. The molecule has 0 atom stereocenters. The van der Waals surface area contributed by atoms with E-state index in [2.05, 4.69) is 10.2 Å². The first-order valence-electron chi connectivity index (χ1n) is 2.00. The van der Waals surface area contributed by atoms with Gasteiger partial charge in [0.15, 0.2) is 0 Å². The molecule has 0 bridgehead atoms. The van der Waals surface area contributed by atoms with Crippen LogP contribution in [-0.4, -0.2) is 39.8 Å². The van der Waals surface area contributed by atoms with Crippen LogP contribution in [0.4, 0.5) is 0 Å². The molecular formula is C4H3ClN2NaO. The maximum Gasteiger partial charge on any atom is 0.264 e. The monoisotopic (exact) mass is 153 g/mol. The second kappa shape index (κ2) is 4.06. The van der Waals surface area contributed by atoms with Crippen LogP contribution in [0, 0.1) is 0 Å². The number of halogens is 1. The number of nitrogens with one attached hydrogen (secondary N) is 1. The van der Waals surface area contributed by atoms with Gasteiger partial charge in [-0.15, -0.1) is 0 Å². The van der Waals surface area contributed by atoms with Crippen molar-refractivity contribution in [3.63, 3.8) is 0 Å². The van der Waals surface area contributed by atoms with E-state index in [1.807, 2.05) is 0 Å². The Bertz CT molecular complexity index is 216. The van der Waals surface area contributed by atoms with Gasteiger partial charge >= 0.3 is 0 Å². The molecule has 0 saturated carbocycles. The average molecular weight is 154 g/mol. The summed E-state index contributed by atoms with van der Waals surface area (Å²) < 4.78 is 0. The van der Waals surface area contributed by atoms with Crippen LogP contribution in [0.2, 0.25) is 5.15 Å². The predicted octanol–water partition coefficient (Wildman–Crippen LogP) is 0.0425. The van der Waals surface area contributed by atoms with Gasteiger partial charge < -0.3 is 0 Å². The molecule has 0 saturated heterocycles. The second-order valence-corrected chi connectivity index (χ2v) is 1.63. The summed E-state index contributed by atoms with van der Waals surface area (Å²) in [5.41, 5.74) is -0.241. The molecule has 0 amide bonds. The summed E-state index contributed by atoms with van der Waals surface area (Å²) in [5.74, 6) is 0. The van der Waals surface area contributed by atoms with Gasteiger partial charge in [-0.2, -0.15) is 5.10 Å². The van der Waals surface area contributed by atoms with Gasteiger partial charge in [0.2, 0.25) is 0 Å². The largest absolute Gasteiger partial charge is 0.268 e. The molecule has 5 heteroatoms. The van der Waals surface area contributed by atoms with Crippen molar-refractivity contribution in [1.29, 1.82) is 0 Å². The SMILES string of the molecule is O=c1ccc(Cl)n[nH]1.[Na]. The van der Waals surface area contributed by atoms with Gasteiger partial charge in [0.25, 0.3) is 5.56 Å². The van der Waals surface area contributed by atoms with Crippen molar-refractivity contribution in [2.45, 2.75) is 0 Å². The Kier molecular flexibility index (Phi) is 4.14. The Morgan fingerprint density at radius 1 is 1.56 bits per heavy atom. The number of aromatic amines is 1. The third kappa shape index (κ3) is 3.01. The van der Waals surface area contributed by atoms with Crippen LogP contribution < -0.4 is 5.56 Å². The van der Waals surface area contributed by atoms with Crippen LogP contribution in [0.15, 0.2) is 16.9 Å². The molecule has 1 rings (SSSR count). The molecule has 0 spiro atoms. The number of rotatable bonds is 0. The molecule has 0 fully saturated rings. The summed E-state index contributed by atoms with van der Waals surface area (Å²) in [6.07, 6.45) is 0. The van der Waals surface area contributed by atoms with Crippen LogP contribution >= 0.6 is 11.6 Å². The normalized spacial score (nSPS) is 8.11. The molecule has 0 unspecified atom stereocenters. The minimum absolute atomic E-state index is 0. The Morgan fingerprint density at radius 2 is 2.22 bits per heavy atom. The van der Waals surface area contributed by atoms with E-state index in [9.17, 15) is 4.79 Å². The number of hydrogen-bond donors (Lipinski definition) is 1. The quantitative estimate of drug-likeness (QED) is 0.535. The molecule has 1 aromatic heterocycles. The first-order chi connectivity index (χ1) is 3.79. The van der Waals surface area contributed by atoms with Gasteiger partial charge in [-0.05, 0) is 6.07 Å². The van der Waals surface area contributed by atoms with E-state index < -0.39 is 0 Å². The summed E-state index contributed by atoms with van der Waals surface area (Å²) in [5, 5.41) is 5.86. The maximum absolute atomic E-state index is 10.2. The summed E-state index contributed by atoms with van der Waals surface area (Å²) in [6.45, 7) is 0. The van der Waals surface area contributed by atoms with Crippen LogP contribution in [-0.2, 0) is 0 Å². The Hall–Kier alpha value is 0.170. The molecule has 3 nitrogen and oxygen atoms in total. The molecule has 1 aromatic rings. The minimum Gasteiger partial charge on any atom is -0.268 e. The fourth-order valence-electron chi connectivity index (χ4n) is 0.327. The predicted molar refractivity (Wildman–Crippen MR) is 35.6 cm³/mol. The molecular weight excluding hydrogens is 150 g/mol. The minimum atomic E-state index is -0.241. The third-order valence-electron chi connectivity index (χ3n) is 0.645. The van der Waals surface area contributed by atoms with Gasteiger partial charge in [0, 0.05) is 35.6 Å². The number of H-pyrrole nitrogens is 1. The van der Waals surface area contributed by atoms with E-state index >= 15 is 0 Å². The fraction of sp³-hybridized carbons (Fsp3) is 0. The van der Waals surface area contributed by atoms with Crippen molar-refractivity contribution in [3.05, 3.63) is 27.6 Å². The van der Waals surface area contributed by atoms with E-state index in [-0.39, 0.29) is 35.1 Å². The van der Waals surface area contributed by atoms with E-state index in [1.165, 1.54) is 12.1 Å². The molecule has 43 valence electrons. The van der Waals surface area contributed by atoms with E-state index in [1.54, 1.807) is 0 Å². The zero-order chi connectivity index (χ0) is 5.98. The van der Waals surface area contributed by atoms with Crippen LogP contribution in [0.25, 0.3) is 0 Å². The zero-order valence-corrected chi connectivity index (χ0v) is 7.64. The third-order valence-corrected chi connectivity index (χ3v) is 0.856. The molecule has 0 aliphatic rings. The average Bonchev–Trinajstić information content (AvgIpc) is 1.77. The van der Waals surface area contributed by atoms with Crippen LogP contribution in [0.1, 0.15) is 0 Å². The molecule has 1 N–H and O–H groups in total. The molecule has 0 aliphatic heterocycles. The Balaban J connectivity index is 0.000000640. The van der Waals surface area contributed by atoms with E-state index in [4.69, 9.17) is 11.6 Å². The van der Waals surface area contributed by atoms with Crippen LogP contribution in [0.3, 0.4) is 0 Å². The standard InChI is InChI=1S/C4H3ClN2O.Na/c5-3-1-2-4(8)7-6-3;/h1-2H,(H,7,8);. The summed E-state index contributed by atoms with van der Waals surface area (Å²) in [4.78, 5) is 10.2. The van der Waals surface area contributed by atoms with Gasteiger partial charge in [-0.25, -0.2) is 5.10 Å². The summed E-state index contributed by atoms with van der Waals surface area (Å²) >= 11 is 5.33. The first kappa shape index (κ1) is 9.17. The topological polar surface area (TPSA) is 45.8 Å². The maximum atomic E-state index is 10.2. The number of nitrogens with zero attached hydrogens (tertiary/aromatic N) is 1. The van der Waals surface area contributed by atoms with E-state index in [0.717, 1.165) is 0 Å². The van der Waals surface area contributed by atoms with Crippen molar-refractivity contribution >= 4 is 41.2 Å². The number of hydrogen-bond acceptors (Lipinski definition) is 2. The van der Waals surface area contributed by atoms with Crippen molar-refractivity contribution in [1.82, 2.24) is 10.2 Å². The molecule has 0 aromatic carbocycles. The zero-order valence-electron chi connectivity index (χ0n) is 4.89. The molecule has 9 heavy (non-hydrogen) atoms. The van der Waals surface area contributed by atoms with E-state index in [0.29, 0.717) is 5.15 Å². The smallest absolute Gasteiger partial charge is 0.264 e. The van der Waals surface area contributed by atoms with Crippen molar-refractivity contribution in [2.24, 2.45) is 0 Å². The van der Waals surface area contributed by atoms with Crippen molar-refractivity contribution in [2.75, 3.05) is 0 Å². The fourth-order valence-corrected chi connectivity index (χ4v) is 0.433. The van der Waals surface area contributed by atoms with Crippen molar-refractivity contribution in [3.8, 4) is 0 Å². The van der Waals surface area contributed by atoms with Gasteiger partial charge in [0.05, 0.1) is 0 Å². The number of aromatic nitrogens is 2. The van der Waals surface area contributed by atoms with Gasteiger partial charge in [-0.1, -0.05) is 11.6 Å². The summed E-state index contributed by atoms with van der Waals surface area (Å²) in [7, 11) is 0. The molecule has 0 aliphatic carbocycles. The van der Waals surface area contributed by atoms with Gasteiger partial charge in [0.1, 0.15) is 5.15 Å². The van der Waals surface area contributed by atoms with Crippen molar-refractivity contribution < 1.29 is 0 Å². The Labute approximate surface area is 78.7 Å². The summed E-state index contributed by atoms with van der Waals surface area (Å²) in [6, 6.07) is 2.75. The second-order valence-electron chi connectivity index (χ2n) is 1.24. The molecule has 1 heterocycles. The molecule has 1 radical (unpaired) electrons. The van der Waals surface area contributed by atoms with Gasteiger partial charge in [-0.3, -0.25) is 4.79 Å². The first-order valence-corrected chi connectivity index (χ1v) is 2.38.